The van der Waals surface area contributed by atoms with Crippen LogP contribution in [0.1, 0.15) is 28.8 Å². The predicted molar refractivity (Wildman–Crippen MR) is 78.3 cm³/mol. The molecule has 5 nitrogen and oxygen atoms in total. The van der Waals surface area contributed by atoms with Gasteiger partial charge in [-0.3, -0.25) is 13.9 Å². The summed E-state index contributed by atoms with van der Waals surface area (Å²) in [7, 11) is 0. The molecule has 0 aliphatic carbocycles. The number of fused-ring (bicyclic) bond motifs is 1. The minimum Gasteiger partial charge on any atom is -0.296 e. The van der Waals surface area contributed by atoms with E-state index < -0.39 is 5.56 Å². The highest BCUT2D eigenvalue weighted by Crippen LogP contribution is 2.13. The summed E-state index contributed by atoms with van der Waals surface area (Å²) in [6, 6.07) is 9.64. The van der Waals surface area contributed by atoms with E-state index in [1.807, 2.05) is 37.3 Å². The fourth-order valence-electron chi connectivity index (χ4n) is 2.76. The topological polar surface area (TPSA) is 67.8 Å². The Labute approximate surface area is 121 Å². The Hall–Kier alpha value is -2.61. The van der Waals surface area contributed by atoms with E-state index in [0.29, 0.717) is 18.7 Å². The van der Waals surface area contributed by atoms with Crippen LogP contribution in [-0.2, 0) is 19.5 Å². The van der Waals surface area contributed by atoms with E-state index >= 15 is 0 Å². The zero-order valence-corrected chi connectivity index (χ0v) is 11.8. The molecule has 0 saturated carbocycles. The van der Waals surface area contributed by atoms with Gasteiger partial charge in [0.15, 0.2) is 0 Å². The standard InChI is InChI=1S/C16H15N3O2/c1-11-4-6-12(7-5-11)10-19-15(20)13(9-17)14-3-2-8-18(14)16(19)21/h4-7H,2-3,8,10H2,1H3. The van der Waals surface area contributed by atoms with Crippen LogP contribution in [0.3, 0.4) is 0 Å². The van der Waals surface area contributed by atoms with Crippen LogP contribution in [0.2, 0.25) is 0 Å². The molecule has 0 spiro atoms. The first-order valence-electron chi connectivity index (χ1n) is 6.94. The van der Waals surface area contributed by atoms with E-state index in [9.17, 15) is 14.9 Å². The molecule has 21 heavy (non-hydrogen) atoms. The lowest BCUT2D eigenvalue weighted by Gasteiger charge is -2.11. The Morgan fingerprint density at radius 3 is 2.62 bits per heavy atom. The molecule has 106 valence electrons. The molecule has 0 fully saturated rings. The molecule has 2 heterocycles. The van der Waals surface area contributed by atoms with E-state index in [1.165, 1.54) is 0 Å². The van der Waals surface area contributed by atoms with Gasteiger partial charge < -0.3 is 0 Å². The van der Waals surface area contributed by atoms with Gasteiger partial charge >= 0.3 is 5.69 Å². The molecule has 5 heteroatoms. The third kappa shape index (κ3) is 2.19. The predicted octanol–water partition coefficient (Wildman–Crippen LogP) is 1.18. The van der Waals surface area contributed by atoms with Crippen LogP contribution < -0.4 is 11.2 Å². The summed E-state index contributed by atoms with van der Waals surface area (Å²) in [4.78, 5) is 24.8. The van der Waals surface area contributed by atoms with Crippen molar-refractivity contribution in [3.63, 3.8) is 0 Å². The van der Waals surface area contributed by atoms with Crippen molar-refractivity contribution >= 4 is 0 Å². The van der Waals surface area contributed by atoms with Crippen LogP contribution in [0.4, 0.5) is 0 Å². The van der Waals surface area contributed by atoms with Crippen LogP contribution in [0, 0.1) is 18.3 Å². The van der Waals surface area contributed by atoms with Crippen molar-refractivity contribution in [3.05, 3.63) is 67.5 Å². The van der Waals surface area contributed by atoms with Crippen LogP contribution in [0.15, 0.2) is 33.9 Å². The summed E-state index contributed by atoms with van der Waals surface area (Å²) in [5, 5.41) is 9.22. The van der Waals surface area contributed by atoms with Crippen LogP contribution >= 0.6 is 0 Å². The molecule has 3 rings (SSSR count). The molecular formula is C16H15N3O2. The van der Waals surface area contributed by atoms with Crippen molar-refractivity contribution in [1.29, 1.82) is 5.26 Å². The number of hydrogen-bond acceptors (Lipinski definition) is 3. The van der Waals surface area contributed by atoms with Gasteiger partial charge in [-0.2, -0.15) is 5.26 Å². The van der Waals surface area contributed by atoms with Crippen molar-refractivity contribution in [2.75, 3.05) is 0 Å². The first-order valence-corrected chi connectivity index (χ1v) is 6.94. The maximum absolute atomic E-state index is 12.4. The largest absolute Gasteiger partial charge is 0.331 e. The summed E-state index contributed by atoms with van der Waals surface area (Å²) in [6.45, 7) is 2.76. The van der Waals surface area contributed by atoms with Crippen LogP contribution in [-0.4, -0.2) is 9.13 Å². The molecule has 0 amide bonds. The number of benzene rings is 1. The van der Waals surface area contributed by atoms with Gasteiger partial charge in [0, 0.05) is 12.2 Å². The first-order chi connectivity index (χ1) is 10.1. The fraction of sp³-hybridized carbons (Fsp3) is 0.312. The van der Waals surface area contributed by atoms with E-state index in [1.54, 1.807) is 4.57 Å². The summed E-state index contributed by atoms with van der Waals surface area (Å²) >= 11 is 0. The molecular weight excluding hydrogens is 266 g/mol. The minimum atomic E-state index is -0.476. The van der Waals surface area contributed by atoms with Crippen molar-refractivity contribution in [1.82, 2.24) is 9.13 Å². The zero-order valence-electron chi connectivity index (χ0n) is 11.8. The van der Waals surface area contributed by atoms with Gasteiger partial charge in [-0.05, 0) is 25.3 Å². The second-order valence-corrected chi connectivity index (χ2v) is 5.35. The Bertz CT molecular complexity index is 851. The van der Waals surface area contributed by atoms with Gasteiger partial charge in [0.1, 0.15) is 11.6 Å². The highest BCUT2D eigenvalue weighted by atomic mass is 16.2. The van der Waals surface area contributed by atoms with Gasteiger partial charge in [0.2, 0.25) is 0 Å². The monoisotopic (exact) mass is 281 g/mol. The van der Waals surface area contributed by atoms with E-state index in [0.717, 1.165) is 22.1 Å². The summed E-state index contributed by atoms with van der Waals surface area (Å²) in [6.07, 6.45) is 1.43. The second kappa shape index (κ2) is 5.06. The van der Waals surface area contributed by atoms with E-state index in [4.69, 9.17) is 0 Å². The van der Waals surface area contributed by atoms with Crippen molar-refractivity contribution in [3.8, 4) is 6.07 Å². The molecule has 0 bridgehead atoms. The number of aryl methyl sites for hydroxylation is 1. The lowest BCUT2D eigenvalue weighted by Crippen LogP contribution is -2.41. The average Bonchev–Trinajstić information content (AvgIpc) is 2.95. The molecule has 0 unspecified atom stereocenters. The fourth-order valence-corrected chi connectivity index (χ4v) is 2.76. The second-order valence-electron chi connectivity index (χ2n) is 5.35. The Morgan fingerprint density at radius 1 is 1.24 bits per heavy atom. The number of aromatic nitrogens is 2. The zero-order chi connectivity index (χ0) is 15.0. The molecule has 0 saturated heterocycles. The maximum atomic E-state index is 12.4. The van der Waals surface area contributed by atoms with E-state index in [2.05, 4.69) is 0 Å². The lowest BCUT2D eigenvalue weighted by molar-refractivity contribution is 0.602. The third-order valence-electron chi connectivity index (χ3n) is 3.90. The van der Waals surface area contributed by atoms with Crippen LogP contribution in [0.5, 0.6) is 0 Å². The summed E-state index contributed by atoms with van der Waals surface area (Å²) in [5.41, 5.74) is 1.91. The Kier molecular flexibility index (Phi) is 3.22. The number of nitrogens with zero attached hydrogens (tertiary/aromatic N) is 3. The highest BCUT2D eigenvalue weighted by Gasteiger charge is 2.22. The molecule has 0 atom stereocenters. The summed E-state index contributed by atoms with van der Waals surface area (Å²) < 4.78 is 2.73. The molecule has 1 aromatic heterocycles. The third-order valence-corrected chi connectivity index (χ3v) is 3.90. The number of hydrogen-bond donors (Lipinski definition) is 0. The van der Waals surface area contributed by atoms with Gasteiger partial charge in [-0.15, -0.1) is 0 Å². The number of rotatable bonds is 2. The minimum absolute atomic E-state index is 0.110. The molecule has 0 N–H and O–H groups in total. The van der Waals surface area contributed by atoms with Gasteiger partial charge in [0.05, 0.1) is 6.54 Å². The highest BCUT2D eigenvalue weighted by molar-refractivity contribution is 5.33. The molecule has 1 aliphatic heterocycles. The molecule has 1 aliphatic rings. The molecule has 0 radical (unpaired) electrons. The first kappa shape index (κ1) is 13.4. The van der Waals surface area contributed by atoms with Crippen LogP contribution in [0.25, 0.3) is 0 Å². The summed E-state index contributed by atoms with van der Waals surface area (Å²) in [5.74, 6) is 0. The maximum Gasteiger partial charge on any atom is 0.331 e. The normalized spacial score (nSPS) is 13.0. The van der Waals surface area contributed by atoms with Gasteiger partial charge in [-0.25, -0.2) is 4.79 Å². The van der Waals surface area contributed by atoms with Gasteiger partial charge in [-0.1, -0.05) is 29.8 Å². The molecule has 2 aromatic rings. The van der Waals surface area contributed by atoms with E-state index in [-0.39, 0.29) is 17.8 Å². The smallest absolute Gasteiger partial charge is 0.296 e. The van der Waals surface area contributed by atoms with Crippen molar-refractivity contribution < 1.29 is 0 Å². The van der Waals surface area contributed by atoms with Crippen molar-refractivity contribution in [2.24, 2.45) is 0 Å². The van der Waals surface area contributed by atoms with Crippen molar-refractivity contribution in [2.45, 2.75) is 32.9 Å². The SMILES string of the molecule is Cc1ccc(Cn2c(=O)c(C#N)c3n(c2=O)CCC3)cc1. The van der Waals surface area contributed by atoms with Gasteiger partial charge in [0.25, 0.3) is 5.56 Å². The Balaban J connectivity index is 2.16. The molecule has 1 aromatic carbocycles. The Morgan fingerprint density at radius 2 is 1.95 bits per heavy atom. The number of nitriles is 1. The average molecular weight is 281 g/mol. The lowest BCUT2D eigenvalue weighted by atomic mass is 10.1. The quantitative estimate of drug-likeness (QED) is 0.830.